The molecule has 0 aromatic heterocycles. The third kappa shape index (κ3) is 8.48. The van der Waals surface area contributed by atoms with Crippen molar-refractivity contribution in [3.63, 3.8) is 0 Å². The van der Waals surface area contributed by atoms with Crippen molar-refractivity contribution in [3.05, 3.63) is 58.9 Å². The second kappa shape index (κ2) is 13.0. The van der Waals surface area contributed by atoms with Crippen molar-refractivity contribution in [1.29, 1.82) is 0 Å². The molecular formula is C27H30N2O13S4. The Labute approximate surface area is 265 Å². The van der Waals surface area contributed by atoms with E-state index in [1.807, 2.05) is 0 Å². The third-order valence-corrected chi connectivity index (χ3v) is 10.4. The van der Waals surface area contributed by atoms with Gasteiger partial charge in [0.15, 0.2) is 0 Å². The lowest BCUT2D eigenvalue weighted by Crippen LogP contribution is -2.12. The van der Waals surface area contributed by atoms with E-state index in [-0.39, 0.29) is 42.6 Å². The maximum Gasteiger partial charge on any atom is 0.295 e. The van der Waals surface area contributed by atoms with Gasteiger partial charge in [-0.2, -0.15) is 33.7 Å². The van der Waals surface area contributed by atoms with Gasteiger partial charge in [0, 0.05) is 46.4 Å². The summed E-state index contributed by atoms with van der Waals surface area (Å²) in [6, 6.07) is 9.19. The van der Waals surface area contributed by atoms with Crippen LogP contribution in [0.15, 0.2) is 61.7 Å². The summed E-state index contributed by atoms with van der Waals surface area (Å²) in [7, 11) is -18.3. The molecule has 0 fully saturated rings. The second-order valence-corrected chi connectivity index (χ2v) is 16.4. The lowest BCUT2D eigenvalue weighted by atomic mass is 9.94. The van der Waals surface area contributed by atoms with Crippen LogP contribution in [0.3, 0.4) is 0 Å². The van der Waals surface area contributed by atoms with Crippen LogP contribution in [0.2, 0.25) is 0 Å². The second-order valence-electron chi connectivity index (χ2n) is 10.4. The molecule has 0 unspecified atom stereocenters. The average molecular weight is 719 g/mol. The van der Waals surface area contributed by atoms with E-state index < -0.39 is 61.8 Å². The van der Waals surface area contributed by atoms with Gasteiger partial charge < -0.3 is 9.73 Å². The maximum atomic E-state index is 12.5. The van der Waals surface area contributed by atoms with Crippen LogP contribution in [-0.2, 0) is 40.5 Å². The van der Waals surface area contributed by atoms with E-state index in [9.17, 15) is 42.8 Å². The summed E-state index contributed by atoms with van der Waals surface area (Å²) in [6.45, 7) is 3.55. The molecule has 0 amide bonds. The zero-order chi connectivity index (χ0) is 34.2. The molecule has 4 rings (SSSR count). The molecule has 1 aliphatic heterocycles. The average Bonchev–Trinajstić information content (AvgIpc) is 2.92. The van der Waals surface area contributed by atoms with Gasteiger partial charge in [-0.05, 0) is 68.7 Å². The largest absolute Gasteiger partial charge is 0.455 e. The SMILES string of the molecule is Cc1c2oc3c(C)c(NCCCS(=O)(=O)O)cc(-c4ccc(S(=O)(=O)O)cc4S(=O)(=O)O)c3cc-2ccc1=NCCCS(=O)(=O)O. The molecule has 5 N–H and O–H groups in total. The van der Waals surface area contributed by atoms with E-state index in [1.165, 1.54) is 6.07 Å². The van der Waals surface area contributed by atoms with Crippen LogP contribution in [0.5, 0.6) is 0 Å². The van der Waals surface area contributed by atoms with Crippen molar-refractivity contribution in [3.8, 4) is 22.5 Å². The van der Waals surface area contributed by atoms with Gasteiger partial charge >= 0.3 is 0 Å². The van der Waals surface area contributed by atoms with E-state index in [2.05, 4.69) is 10.3 Å². The maximum absolute atomic E-state index is 12.5. The molecule has 2 aromatic rings. The molecule has 19 heteroatoms. The Bertz CT molecular complexity index is 2310. The van der Waals surface area contributed by atoms with E-state index >= 15 is 0 Å². The van der Waals surface area contributed by atoms with Crippen LogP contribution in [0, 0.1) is 13.8 Å². The van der Waals surface area contributed by atoms with Crippen LogP contribution < -0.4 is 10.7 Å². The number of hydrogen-bond acceptors (Lipinski definition) is 11. The molecule has 2 aromatic carbocycles. The normalized spacial score (nSPS) is 13.5. The Morgan fingerprint density at radius 1 is 0.739 bits per heavy atom. The molecule has 1 aliphatic carbocycles. The molecule has 0 radical (unpaired) electrons. The van der Waals surface area contributed by atoms with Crippen LogP contribution in [0.25, 0.3) is 33.4 Å². The first-order valence-corrected chi connectivity index (χ1v) is 19.5. The summed E-state index contributed by atoms with van der Waals surface area (Å²) in [4.78, 5) is 2.80. The fourth-order valence-corrected chi connectivity index (χ4v) is 7.18. The minimum atomic E-state index is -5.06. The first-order chi connectivity index (χ1) is 21.2. The van der Waals surface area contributed by atoms with Gasteiger partial charge in [-0.15, -0.1) is 0 Å². The van der Waals surface area contributed by atoms with E-state index in [4.69, 9.17) is 13.5 Å². The van der Waals surface area contributed by atoms with Gasteiger partial charge in [0.25, 0.3) is 40.5 Å². The number of nitrogens with one attached hydrogen (secondary N) is 1. The van der Waals surface area contributed by atoms with E-state index in [0.29, 0.717) is 44.9 Å². The lowest BCUT2D eigenvalue weighted by molar-refractivity contribution is 0.478. The van der Waals surface area contributed by atoms with Crippen LogP contribution >= 0.6 is 0 Å². The van der Waals surface area contributed by atoms with Crippen molar-refractivity contribution < 1.29 is 56.3 Å². The molecule has 1 heterocycles. The molecule has 0 saturated heterocycles. The Morgan fingerprint density at radius 2 is 1.39 bits per heavy atom. The summed E-state index contributed by atoms with van der Waals surface area (Å²) in [5.41, 5.74) is 2.23. The predicted molar refractivity (Wildman–Crippen MR) is 168 cm³/mol. The summed E-state index contributed by atoms with van der Waals surface area (Å²) in [6.07, 6.45) is 0.0775. The monoisotopic (exact) mass is 718 g/mol. The molecule has 0 spiro atoms. The highest BCUT2D eigenvalue weighted by Crippen LogP contribution is 2.42. The Hall–Kier alpha value is -3.43. The summed E-state index contributed by atoms with van der Waals surface area (Å²) in [5, 5.41) is 3.86. The van der Waals surface area contributed by atoms with Crippen LogP contribution in [0.1, 0.15) is 24.0 Å². The first-order valence-electron chi connectivity index (χ1n) is 13.4. The first kappa shape index (κ1) is 35.4. The van der Waals surface area contributed by atoms with E-state index in [0.717, 1.165) is 12.1 Å². The zero-order valence-corrected chi connectivity index (χ0v) is 27.6. The van der Waals surface area contributed by atoms with Crippen molar-refractivity contribution in [2.24, 2.45) is 4.99 Å². The summed E-state index contributed by atoms with van der Waals surface area (Å²) in [5.74, 6) is -0.622. The Morgan fingerprint density at radius 3 is 2.00 bits per heavy atom. The fourth-order valence-electron chi connectivity index (χ4n) is 4.86. The lowest BCUT2D eigenvalue weighted by Gasteiger charge is -2.19. The van der Waals surface area contributed by atoms with Gasteiger partial charge in [-0.25, -0.2) is 0 Å². The van der Waals surface area contributed by atoms with Gasteiger partial charge in [-0.3, -0.25) is 23.2 Å². The van der Waals surface area contributed by atoms with Crippen molar-refractivity contribution in [2.45, 2.75) is 36.5 Å². The topological polar surface area (TPSA) is 255 Å². The number of nitrogens with zero attached hydrogens (tertiary/aromatic N) is 1. The molecule has 15 nitrogen and oxygen atoms in total. The van der Waals surface area contributed by atoms with Crippen molar-refractivity contribution in [2.75, 3.05) is 29.9 Å². The van der Waals surface area contributed by atoms with Crippen molar-refractivity contribution in [1.82, 2.24) is 0 Å². The third-order valence-electron chi connectivity index (χ3n) is 7.04. The molecule has 0 saturated carbocycles. The van der Waals surface area contributed by atoms with E-state index in [1.54, 1.807) is 32.0 Å². The van der Waals surface area contributed by atoms with Crippen molar-refractivity contribution >= 4 is 57.1 Å². The molecule has 250 valence electrons. The number of aryl methyl sites for hydroxylation is 1. The highest BCUT2D eigenvalue weighted by atomic mass is 32.2. The van der Waals surface area contributed by atoms with Crippen LogP contribution in [-0.4, -0.2) is 76.5 Å². The smallest absolute Gasteiger partial charge is 0.295 e. The Kier molecular flexibility index (Phi) is 10.0. The molecular weight excluding hydrogens is 689 g/mol. The number of anilines is 1. The standard InChI is InChI=1S/C27H30N2O13S4/c1-16-23(28-9-3-11-43(30,31)32)8-5-18-13-22-21(20-7-6-19(45(36,37)38)14-25(20)46(39,40)41)15-24(17(2)27(22)42-26(16)18)29-10-4-12-44(33,34)35/h5-8,13-15,29H,3-4,9-12H2,1-2H3,(H,30,31,32)(H,33,34,35)(H,36,37,38)(H,39,40,41). The molecule has 2 aliphatic rings. The summed E-state index contributed by atoms with van der Waals surface area (Å²) >= 11 is 0. The molecule has 0 atom stereocenters. The number of rotatable bonds is 12. The Balaban J connectivity index is 1.98. The van der Waals surface area contributed by atoms with Gasteiger partial charge in [0.05, 0.1) is 21.8 Å². The minimum absolute atomic E-state index is 0.00138. The highest BCUT2D eigenvalue weighted by molar-refractivity contribution is 7.87. The van der Waals surface area contributed by atoms with Gasteiger partial charge in [-0.1, -0.05) is 6.07 Å². The molecule has 0 bridgehead atoms. The number of fused-ring (bicyclic) bond motifs is 2. The number of hydrogen-bond donors (Lipinski definition) is 5. The number of benzene rings is 3. The van der Waals surface area contributed by atoms with Gasteiger partial charge in [0.1, 0.15) is 16.2 Å². The van der Waals surface area contributed by atoms with Crippen LogP contribution in [0.4, 0.5) is 5.69 Å². The predicted octanol–water partition coefficient (Wildman–Crippen LogP) is 3.18. The minimum Gasteiger partial charge on any atom is -0.455 e. The highest BCUT2D eigenvalue weighted by Gasteiger charge is 2.25. The van der Waals surface area contributed by atoms with Gasteiger partial charge in [0.2, 0.25) is 0 Å². The quantitative estimate of drug-likeness (QED) is 0.0801. The molecule has 46 heavy (non-hydrogen) atoms. The fraction of sp³-hybridized carbons (Fsp3) is 0.296. The summed E-state index contributed by atoms with van der Waals surface area (Å²) < 4.78 is 137. The zero-order valence-electron chi connectivity index (χ0n) is 24.3.